The van der Waals surface area contributed by atoms with Gasteiger partial charge in [0.05, 0.1) is 6.21 Å². The molecular weight excluding hydrogens is 397 g/mol. The van der Waals surface area contributed by atoms with Crippen LogP contribution in [0.2, 0.25) is 0 Å². The number of hydrogen-bond acceptors (Lipinski definition) is 4. The van der Waals surface area contributed by atoms with Gasteiger partial charge < -0.3 is 10.1 Å². The number of hydrazone groups is 1. The first kappa shape index (κ1) is 21.7. The van der Waals surface area contributed by atoms with E-state index in [1.165, 1.54) is 18.3 Å². The number of para-hydroxylation sites is 1. The number of aryl methyl sites for hydroxylation is 2. The Balaban J connectivity index is 1.54. The number of nitrogens with one attached hydrogen (secondary N) is 2. The fourth-order valence-corrected chi connectivity index (χ4v) is 2.83. The minimum Gasteiger partial charge on any atom is -0.489 e. The van der Waals surface area contributed by atoms with Gasteiger partial charge in [0.2, 0.25) is 0 Å². The number of hydrogen-bond donors (Lipinski definition) is 2. The van der Waals surface area contributed by atoms with E-state index in [0.717, 1.165) is 16.7 Å². The van der Waals surface area contributed by atoms with Crippen molar-refractivity contribution in [3.63, 3.8) is 0 Å². The molecule has 0 fully saturated rings. The molecule has 0 heterocycles. The van der Waals surface area contributed by atoms with Gasteiger partial charge in [0.15, 0.2) is 0 Å². The van der Waals surface area contributed by atoms with E-state index in [9.17, 15) is 14.0 Å². The molecule has 2 N–H and O–H groups in total. The average molecular weight is 419 g/mol. The predicted molar refractivity (Wildman–Crippen MR) is 117 cm³/mol. The number of anilines is 1. The molecule has 0 saturated heterocycles. The zero-order chi connectivity index (χ0) is 22.2. The number of carbonyl (C=O) groups excluding carboxylic acids is 2. The van der Waals surface area contributed by atoms with Crippen molar-refractivity contribution in [3.05, 3.63) is 94.8 Å². The first-order chi connectivity index (χ1) is 14.9. The Bertz CT molecular complexity index is 1090. The summed E-state index contributed by atoms with van der Waals surface area (Å²) >= 11 is 0. The van der Waals surface area contributed by atoms with Gasteiger partial charge in [0, 0.05) is 5.69 Å². The number of amides is 2. The number of carbonyl (C=O) groups is 2. The van der Waals surface area contributed by atoms with Gasteiger partial charge in [0.25, 0.3) is 0 Å². The summed E-state index contributed by atoms with van der Waals surface area (Å²) in [5.41, 5.74) is 6.06. The second-order valence-corrected chi connectivity index (χ2v) is 6.91. The molecule has 0 unspecified atom stereocenters. The Kier molecular flexibility index (Phi) is 7.11. The van der Waals surface area contributed by atoms with E-state index in [-0.39, 0.29) is 12.4 Å². The zero-order valence-electron chi connectivity index (χ0n) is 17.2. The van der Waals surface area contributed by atoms with Crippen molar-refractivity contribution >= 4 is 23.7 Å². The number of nitrogens with zero attached hydrogens (tertiary/aromatic N) is 1. The topological polar surface area (TPSA) is 79.8 Å². The molecule has 0 aliphatic carbocycles. The van der Waals surface area contributed by atoms with Gasteiger partial charge in [-0.15, -0.1) is 0 Å². The molecule has 158 valence electrons. The molecule has 0 bridgehead atoms. The molecule has 0 spiro atoms. The third-order valence-corrected chi connectivity index (χ3v) is 4.48. The summed E-state index contributed by atoms with van der Waals surface area (Å²) in [6, 6.07) is 18.7. The summed E-state index contributed by atoms with van der Waals surface area (Å²) in [5.74, 6) is -1.38. The molecular formula is C24H22FN3O3. The van der Waals surface area contributed by atoms with Crippen molar-refractivity contribution in [2.45, 2.75) is 20.5 Å². The van der Waals surface area contributed by atoms with E-state index in [1.54, 1.807) is 36.4 Å². The summed E-state index contributed by atoms with van der Waals surface area (Å²) in [6.07, 6.45) is 1.41. The highest BCUT2D eigenvalue weighted by atomic mass is 19.1. The van der Waals surface area contributed by atoms with Crippen LogP contribution in [-0.2, 0) is 16.2 Å². The van der Waals surface area contributed by atoms with E-state index in [1.807, 2.05) is 32.0 Å². The summed E-state index contributed by atoms with van der Waals surface area (Å²) < 4.78 is 18.7. The van der Waals surface area contributed by atoms with Crippen molar-refractivity contribution < 1.29 is 18.7 Å². The molecule has 2 amide bonds. The van der Waals surface area contributed by atoms with Crippen molar-refractivity contribution in [1.29, 1.82) is 0 Å². The molecule has 0 aliphatic rings. The van der Waals surface area contributed by atoms with Crippen molar-refractivity contribution in [2.75, 3.05) is 5.32 Å². The lowest BCUT2D eigenvalue weighted by Gasteiger charge is -2.10. The normalized spacial score (nSPS) is 10.7. The lowest BCUT2D eigenvalue weighted by molar-refractivity contribution is -0.136. The average Bonchev–Trinajstić information content (AvgIpc) is 2.76. The first-order valence-electron chi connectivity index (χ1n) is 9.60. The maximum atomic E-state index is 13.0. The van der Waals surface area contributed by atoms with Gasteiger partial charge >= 0.3 is 11.8 Å². The van der Waals surface area contributed by atoms with Crippen LogP contribution in [0.25, 0.3) is 0 Å². The van der Waals surface area contributed by atoms with Crippen LogP contribution in [0.5, 0.6) is 5.75 Å². The van der Waals surface area contributed by atoms with Gasteiger partial charge in [-0.1, -0.05) is 42.5 Å². The van der Waals surface area contributed by atoms with E-state index < -0.39 is 11.8 Å². The van der Waals surface area contributed by atoms with E-state index in [4.69, 9.17) is 4.74 Å². The lowest BCUT2D eigenvalue weighted by atomic mass is 10.1. The molecule has 6 nitrogen and oxygen atoms in total. The van der Waals surface area contributed by atoms with Crippen LogP contribution >= 0.6 is 0 Å². The van der Waals surface area contributed by atoms with Gasteiger partial charge in [0.1, 0.15) is 18.2 Å². The molecule has 0 radical (unpaired) electrons. The van der Waals surface area contributed by atoms with Crippen LogP contribution in [0.1, 0.15) is 22.3 Å². The first-order valence-corrected chi connectivity index (χ1v) is 9.60. The molecule has 0 aromatic heterocycles. The Labute approximate surface area is 179 Å². The van der Waals surface area contributed by atoms with Crippen LogP contribution in [0.3, 0.4) is 0 Å². The van der Waals surface area contributed by atoms with Crippen molar-refractivity contribution in [1.82, 2.24) is 5.43 Å². The molecule has 0 atom stereocenters. The van der Waals surface area contributed by atoms with E-state index in [2.05, 4.69) is 15.8 Å². The highest BCUT2D eigenvalue weighted by Gasteiger charge is 2.15. The molecule has 3 rings (SSSR count). The van der Waals surface area contributed by atoms with Gasteiger partial charge in [-0.3, -0.25) is 9.59 Å². The van der Waals surface area contributed by atoms with Crippen LogP contribution in [0.15, 0.2) is 71.8 Å². The third kappa shape index (κ3) is 6.24. The maximum absolute atomic E-state index is 13.0. The Hall–Kier alpha value is -4.00. The van der Waals surface area contributed by atoms with E-state index in [0.29, 0.717) is 17.0 Å². The quantitative estimate of drug-likeness (QED) is 0.359. The van der Waals surface area contributed by atoms with Crippen LogP contribution in [0, 0.1) is 19.7 Å². The molecule has 31 heavy (non-hydrogen) atoms. The molecule has 0 aliphatic heterocycles. The minimum absolute atomic E-state index is 0.288. The van der Waals surface area contributed by atoms with Crippen molar-refractivity contribution in [2.24, 2.45) is 5.10 Å². The number of ether oxygens (including phenoxy) is 1. The van der Waals surface area contributed by atoms with Gasteiger partial charge in [-0.2, -0.15) is 5.10 Å². The standard InChI is InChI=1S/C24H22FN3O3/c1-16-5-3-6-17(2)22(16)27-23(29)24(30)28-26-14-19-7-4-8-21(13-19)31-15-18-9-11-20(25)12-10-18/h3-14H,15H2,1-2H3,(H,27,29)(H,28,30)/b26-14+. The highest BCUT2D eigenvalue weighted by molar-refractivity contribution is 6.39. The molecule has 3 aromatic carbocycles. The summed E-state index contributed by atoms with van der Waals surface area (Å²) in [6.45, 7) is 3.99. The van der Waals surface area contributed by atoms with Crippen LogP contribution in [0.4, 0.5) is 10.1 Å². The van der Waals surface area contributed by atoms with E-state index >= 15 is 0 Å². The summed E-state index contributed by atoms with van der Waals surface area (Å²) in [4.78, 5) is 24.1. The fraction of sp³-hybridized carbons (Fsp3) is 0.125. The number of rotatable bonds is 6. The van der Waals surface area contributed by atoms with Gasteiger partial charge in [-0.05, 0) is 60.4 Å². The Morgan fingerprint density at radius 2 is 1.65 bits per heavy atom. The predicted octanol–water partition coefficient (Wildman–Crippen LogP) is 4.11. The largest absolute Gasteiger partial charge is 0.489 e. The SMILES string of the molecule is Cc1cccc(C)c1NC(=O)C(=O)N/N=C/c1cccc(OCc2ccc(F)cc2)c1. The second kappa shape index (κ2) is 10.2. The molecule has 0 saturated carbocycles. The second-order valence-electron chi connectivity index (χ2n) is 6.91. The fourth-order valence-electron chi connectivity index (χ4n) is 2.83. The smallest absolute Gasteiger partial charge is 0.329 e. The Morgan fingerprint density at radius 3 is 2.35 bits per heavy atom. The summed E-state index contributed by atoms with van der Waals surface area (Å²) in [5, 5.41) is 6.44. The zero-order valence-corrected chi connectivity index (χ0v) is 17.2. The third-order valence-electron chi connectivity index (χ3n) is 4.48. The number of halogens is 1. The lowest BCUT2D eigenvalue weighted by Crippen LogP contribution is -2.32. The van der Waals surface area contributed by atoms with Crippen molar-refractivity contribution in [3.8, 4) is 5.75 Å². The monoisotopic (exact) mass is 419 g/mol. The van der Waals surface area contributed by atoms with Gasteiger partial charge in [-0.25, -0.2) is 9.82 Å². The Morgan fingerprint density at radius 1 is 0.968 bits per heavy atom. The van der Waals surface area contributed by atoms with Crippen LogP contribution in [-0.4, -0.2) is 18.0 Å². The molecule has 3 aromatic rings. The minimum atomic E-state index is -0.873. The summed E-state index contributed by atoms with van der Waals surface area (Å²) in [7, 11) is 0. The van der Waals surface area contributed by atoms with Crippen LogP contribution < -0.4 is 15.5 Å². The highest BCUT2D eigenvalue weighted by Crippen LogP contribution is 2.19. The number of benzene rings is 3. The maximum Gasteiger partial charge on any atom is 0.329 e. The molecule has 7 heteroatoms.